The highest BCUT2D eigenvalue weighted by Gasteiger charge is 2.28. The monoisotopic (exact) mass is 512 g/mol. The van der Waals surface area contributed by atoms with Crippen molar-refractivity contribution >= 4 is 34.4 Å². The maximum Gasteiger partial charge on any atom is 0.303 e. The number of hydrogen-bond acceptors (Lipinski definition) is 3. The summed E-state index contributed by atoms with van der Waals surface area (Å²) in [4.78, 5) is 31.2. The molecule has 1 fully saturated rings. The van der Waals surface area contributed by atoms with Crippen LogP contribution < -0.4 is 0 Å². The van der Waals surface area contributed by atoms with Crippen molar-refractivity contribution < 1.29 is 14.7 Å². The number of unbranched alkanes of at least 4 members (excludes halogenated alkanes) is 1. The van der Waals surface area contributed by atoms with E-state index in [1.807, 2.05) is 65.6 Å². The zero-order valence-corrected chi connectivity index (χ0v) is 21.3. The molecule has 5 rings (SSSR count). The number of rotatable bonds is 8. The lowest BCUT2D eigenvalue weighted by Crippen LogP contribution is -2.28. The molecule has 1 aromatic heterocycles. The number of halogens is 1. The number of hydrogen-bond donors (Lipinski definition) is 1. The number of fused-ring (bicyclic) bond motifs is 1. The van der Waals surface area contributed by atoms with Crippen LogP contribution in [0.2, 0.25) is 5.02 Å². The maximum atomic E-state index is 13.4. The van der Waals surface area contributed by atoms with Gasteiger partial charge in [0, 0.05) is 47.0 Å². The first-order valence-corrected chi connectivity index (χ1v) is 13.1. The van der Waals surface area contributed by atoms with E-state index in [1.165, 1.54) is 5.56 Å². The zero-order valence-electron chi connectivity index (χ0n) is 20.6. The van der Waals surface area contributed by atoms with Gasteiger partial charge in [0.25, 0.3) is 5.91 Å². The Hall–Kier alpha value is -3.70. The van der Waals surface area contributed by atoms with Crippen molar-refractivity contribution in [3.05, 3.63) is 101 Å². The van der Waals surface area contributed by atoms with Crippen LogP contribution in [0.25, 0.3) is 22.2 Å². The van der Waals surface area contributed by atoms with E-state index in [9.17, 15) is 9.59 Å². The molecule has 5 nitrogen and oxygen atoms in total. The molecule has 0 spiro atoms. The number of aromatic nitrogens is 1. The molecule has 3 aromatic carbocycles. The molecule has 0 aliphatic carbocycles. The number of pyridine rings is 1. The number of aliphatic carboxylic acids is 1. The lowest BCUT2D eigenvalue weighted by molar-refractivity contribution is -0.137. The SMILES string of the molecule is O=C(O)CCCCc1cc2cc(C(=O)N3CCC(c4ccccc4)C3)ccc2nc1-c1ccc(Cl)cc1. The first-order chi connectivity index (χ1) is 18.0. The quantitative estimate of drug-likeness (QED) is 0.258. The first-order valence-electron chi connectivity index (χ1n) is 12.7. The Kier molecular flexibility index (Phi) is 7.52. The molecule has 0 bridgehead atoms. The Morgan fingerprint density at radius 3 is 2.51 bits per heavy atom. The molecule has 0 radical (unpaired) electrons. The molecular formula is C31H29ClN2O3. The van der Waals surface area contributed by atoms with Crippen molar-refractivity contribution in [2.75, 3.05) is 13.1 Å². The summed E-state index contributed by atoms with van der Waals surface area (Å²) in [6.45, 7) is 1.47. The van der Waals surface area contributed by atoms with E-state index in [0.29, 0.717) is 29.3 Å². The third-order valence-corrected chi connectivity index (χ3v) is 7.34. The van der Waals surface area contributed by atoms with Gasteiger partial charge in [0.05, 0.1) is 11.2 Å². The van der Waals surface area contributed by atoms with Crippen molar-refractivity contribution in [1.82, 2.24) is 9.88 Å². The van der Waals surface area contributed by atoms with Crippen LogP contribution in [-0.2, 0) is 11.2 Å². The van der Waals surface area contributed by atoms with Gasteiger partial charge >= 0.3 is 5.97 Å². The predicted molar refractivity (Wildman–Crippen MR) is 147 cm³/mol. The molecule has 1 aliphatic rings. The second-order valence-electron chi connectivity index (χ2n) is 9.66. The lowest BCUT2D eigenvalue weighted by Gasteiger charge is -2.18. The summed E-state index contributed by atoms with van der Waals surface area (Å²) in [6, 6.07) is 25.8. The number of likely N-dealkylation sites (tertiary alicyclic amines) is 1. The fourth-order valence-electron chi connectivity index (χ4n) is 5.12. The fourth-order valence-corrected chi connectivity index (χ4v) is 5.24. The molecule has 1 atom stereocenters. The molecule has 1 amide bonds. The Bertz CT molecular complexity index is 1420. The first kappa shape index (κ1) is 25.0. The average Bonchev–Trinajstić information content (AvgIpc) is 3.41. The van der Waals surface area contributed by atoms with Gasteiger partial charge in [-0.05, 0) is 73.2 Å². The smallest absolute Gasteiger partial charge is 0.303 e. The number of amides is 1. The molecule has 2 heterocycles. The van der Waals surface area contributed by atoms with Crippen LogP contribution in [0, 0.1) is 0 Å². The topological polar surface area (TPSA) is 70.5 Å². The van der Waals surface area contributed by atoms with Gasteiger partial charge in [0.2, 0.25) is 0 Å². The molecule has 1 N–H and O–H groups in total. The summed E-state index contributed by atoms with van der Waals surface area (Å²) in [6.07, 6.45) is 3.17. The van der Waals surface area contributed by atoms with Gasteiger partial charge < -0.3 is 10.0 Å². The van der Waals surface area contributed by atoms with Crippen LogP contribution in [0.5, 0.6) is 0 Å². The van der Waals surface area contributed by atoms with E-state index in [2.05, 4.69) is 18.2 Å². The Morgan fingerprint density at radius 1 is 0.973 bits per heavy atom. The number of carbonyl (C=O) groups excluding carboxylic acids is 1. The molecule has 1 aliphatic heterocycles. The van der Waals surface area contributed by atoms with E-state index >= 15 is 0 Å². The number of nitrogens with zero attached hydrogens (tertiary/aromatic N) is 2. The average molecular weight is 513 g/mol. The minimum absolute atomic E-state index is 0.0464. The minimum atomic E-state index is -0.783. The normalized spacial score (nSPS) is 15.3. The molecule has 1 saturated heterocycles. The second-order valence-corrected chi connectivity index (χ2v) is 10.1. The van der Waals surface area contributed by atoms with E-state index in [-0.39, 0.29) is 12.3 Å². The van der Waals surface area contributed by atoms with Crippen molar-refractivity contribution in [3.8, 4) is 11.3 Å². The second kappa shape index (κ2) is 11.1. The van der Waals surface area contributed by atoms with E-state index in [0.717, 1.165) is 53.7 Å². The van der Waals surface area contributed by atoms with Crippen LogP contribution in [-0.4, -0.2) is 40.0 Å². The summed E-state index contributed by atoms with van der Waals surface area (Å²) >= 11 is 6.10. The molecular weight excluding hydrogens is 484 g/mol. The van der Waals surface area contributed by atoms with Crippen LogP contribution in [0.15, 0.2) is 78.9 Å². The van der Waals surface area contributed by atoms with Gasteiger partial charge in [-0.25, -0.2) is 4.98 Å². The molecule has 4 aromatic rings. The van der Waals surface area contributed by atoms with E-state index < -0.39 is 5.97 Å². The standard InChI is InChI=1S/C31H29ClN2O3/c32-27-13-10-22(11-14-27)30-23(8-4-5-9-29(35)36)18-26-19-24(12-15-28(26)33-30)31(37)34-17-16-25(20-34)21-6-2-1-3-7-21/h1-3,6-7,10-15,18-19,25H,4-5,8-9,16-17,20H2,(H,35,36). The third-order valence-electron chi connectivity index (χ3n) is 7.09. The van der Waals surface area contributed by atoms with Crippen molar-refractivity contribution in [1.29, 1.82) is 0 Å². The summed E-state index contributed by atoms with van der Waals surface area (Å²) in [5.74, 6) is -0.370. The lowest BCUT2D eigenvalue weighted by atomic mass is 9.98. The van der Waals surface area contributed by atoms with Gasteiger partial charge in [-0.1, -0.05) is 54.1 Å². The highest BCUT2D eigenvalue weighted by atomic mass is 35.5. The zero-order chi connectivity index (χ0) is 25.8. The Labute approximate surface area is 221 Å². The number of carbonyl (C=O) groups is 2. The highest BCUT2D eigenvalue weighted by Crippen LogP contribution is 2.31. The fraction of sp³-hybridized carbons (Fsp3) is 0.258. The molecule has 6 heteroatoms. The summed E-state index contributed by atoms with van der Waals surface area (Å²) in [7, 11) is 0. The van der Waals surface area contributed by atoms with Gasteiger partial charge in [-0.2, -0.15) is 0 Å². The van der Waals surface area contributed by atoms with Crippen LogP contribution >= 0.6 is 11.6 Å². The van der Waals surface area contributed by atoms with Gasteiger partial charge in [-0.15, -0.1) is 0 Å². The highest BCUT2D eigenvalue weighted by molar-refractivity contribution is 6.30. The van der Waals surface area contributed by atoms with Gasteiger partial charge in [-0.3, -0.25) is 9.59 Å². The summed E-state index contributed by atoms with van der Waals surface area (Å²) < 4.78 is 0. The largest absolute Gasteiger partial charge is 0.481 e. The van der Waals surface area contributed by atoms with Gasteiger partial charge in [0.15, 0.2) is 0 Å². The number of aryl methyl sites for hydroxylation is 1. The van der Waals surface area contributed by atoms with E-state index in [1.54, 1.807) is 0 Å². The van der Waals surface area contributed by atoms with Crippen LogP contribution in [0.1, 0.15) is 53.1 Å². The number of carboxylic acids is 1. The van der Waals surface area contributed by atoms with Crippen LogP contribution in [0.3, 0.4) is 0 Å². The van der Waals surface area contributed by atoms with Crippen molar-refractivity contribution in [2.45, 2.75) is 38.0 Å². The van der Waals surface area contributed by atoms with Crippen molar-refractivity contribution in [2.24, 2.45) is 0 Å². The molecule has 1 unspecified atom stereocenters. The van der Waals surface area contributed by atoms with Gasteiger partial charge in [0.1, 0.15) is 0 Å². The summed E-state index contributed by atoms with van der Waals surface area (Å²) in [5, 5.41) is 10.6. The van der Waals surface area contributed by atoms with Crippen molar-refractivity contribution in [3.63, 3.8) is 0 Å². The number of benzene rings is 3. The Morgan fingerprint density at radius 2 is 1.76 bits per heavy atom. The molecule has 188 valence electrons. The van der Waals surface area contributed by atoms with Crippen LogP contribution in [0.4, 0.5) is 0 Å². The van der Waals surface area contributed by atoms with E-state index in [4.69, 9.17) is 21.7 Å². The number of carboxylic acid groups (broad SMARTS) is 1. The third kappa shape index (κ3) is 5.83. The minimum Gasteiger partial charge on any atom is -0.481 e. The predicted octanol–water partition coefficient (Wildman–Crippen LogP) is 6.98. The summed E-state index contributed by atoms with van der Waals surface area (Å²) in [5.41, 5.74) is 5.63. The maximum absolute atomic E-state index is 13.4. The Balaban J connectivity index is 1.41. The molecule has 37 heavy (non-hydrogen) atoms. The molecule has 0 saturated carbocycles.